The van der Waals surface area contributed by atoms with Gasteiger partial charge in [0.2, 0.25) is 11.8 Å². The first kappa shape index (κ1) is 21.1. The first-order valence-corrected chi connectivity index (χ1v) is 9.06. The van der Waals surface area contributed by atoms with Crippen molar-refractivity contribution >= 4 is 17.5 Å². The summed E-state index contributed by atoms with van der Waals surface area (Å²) in [5.41, 5.74) is 1.61. The Labute approximate surface area is 165 Å². The van der Waals surface area contributed by atoms with Crippen LogP contribution in [0, 0.1) is 0 Å². The summed E-state index contributed by atoms with van der Waals surface area (Å²) in [7, 11) is 3.16. The van der Waals surface area contributed by atoms with Gasteiger partial charge in [0, 0.05) is 12.2 Å². The van der Waals surface area contributed by atoms with Gasteiger partial charge in [0.05, 0.1) is 20.8 Å². The summed E-state index contributed by atoms with van der Waals surface area (Å²) in [5.74, 6) is 1.33. The third-order valence-corrected chi connectivity index (χ3v) is 3.95. The van der Waals surface area contributed by atoms with E-state index in [2.05, 4.69) is 10.6 Å². The van der Waals surface area contributed by atoms with Crippen LogP contribution in [0.4, 0.5) is 5.69 Å². The SMILES string of the molecule is CCOc1ccc(NC(=O)CC(=O)NCCc2ccc(OC)c(OC)c2)cc1. The fourth-order valence-electron chi connectivity index (χ4n) is 2.60. The molecule has 0 aliphatic rings. The molecule has 0 aliphatic carbocycles. The van der Waals surface area contributed by atoms with E-state index in [1.807, 2.05) is 25.1 Å². The van der Waals surface area contributed by atoms with E-state index in [1.54, 1.807) is 38.5 Å². The zero-order valence-electron chi connectivity index (χ0n) is 16.4. The van der Waals surface area contributed by atoms with Crippen molar-refractivity contribution in [2.45, 2.75) is 19.8 Å². The van der Waals surface area contributed by atoms with Crippen molar-refractivity contribution < 1.29 is 23.8 Å². The molecular formula is C21H26N2O5. The molecule has 0 radical (unpaired) electrons. The van der Waals surface area contributed by atoms with Crippen molar-refractivity contribution in [1.29, 1.82) is 0 Å². The van der Waals surface area contributed by atoms with Crippen LogP contribution in [-0.2, 0) is 16.0 Å². The first-order valence-electron chi connectivity index (χ1n) is 9.06. The Morgan fingerprint density at radius 2 is 1.64 bits per heavy atom. The standard InChI is InChI=1S/C21H26N2O5/c1-4-28-17-8-6-16(7-9-17)23-21(25)14-20(24)22-12-11-15-5-10-18(26-2)19(13-15)27-3/h5-10,13H,4,11-12,14H2,1-3H3,(H,22,24)(H,23,25). The summed E-state index contributed by atoms with van der Waals surface area (Å²) in [5, 5.41) is 5.44. The Balaban J connectivity index is 1.75. The minimum absolute atomic E-state index is 0.237. The molecule has 0 saturated heterocycles. The molecule has 2 N–H and O–H groups in total. The molecule has 0 spiro atoms. The fraction of sp³-hybridized carbons (Fsp3) is 0.333. The second kappa shape index (κ2) is 10.8. The van der Waals surface area contributed by atoms with E-state index in [9.17, 15) is 9.59 Å². The van der Waals surface area contributed by atoms with E-state index < -0.39 is 0 Å². The van der Waals surface area contributed by atoms with Gasteiger partial charge in [0.25, 0.3) is 0 Å². The van der Waals surface area contributed by atoms with Gasteiger partial charge in [-0.05, 0) is 55.3 Å². The maximum atomic E-state index is 12.0. The van der Waals surface area contributed by atoms with E-state index >= 15 is 0 Å². The average molecular weight is 386 g/mol. The third kappa shape index (κ3) is 6.50. The summed E-state index contributed by atoms with van der Waals surface area (Å²) in [6.45, 7) is 2.90. The number of hydrogen-bond acceptors (Lipinski definition) is 5. The lowest BCUT2D eigenvalue weighted by Crippen LogP contribution is -2.29. The van der Waals surface area contributed by atoms with Crippen LogP contribution in [0.2, 0.25) is 0 Å². The van der Waals surface area contributed by atoms with Crippen molar-refractivity contribution in [3.63, 3.8) is 0 Å². The number of carbonyl (C=O) groups excluding carboxylic acids is 2. The molecule has 28 heavy (non-hydrogen) atoms. The predicted molar refractivity (Wildman–Crippen MR) is 107 cm³/mol. The number of amides is 2. The number of ether oxygens (including phenoxy) is 3. The lowest BCUT2D eigenvalue weighted by Gasteiger charge is -2.10. The summed E-state index contributed by atoms with van der Waals surface area (Å²) < 4.78 is 15.8. The van der Waals surface area contributed by atoms with Crippen LogP contribution < -0.4 is 24.8 Å². The summed E-state index contributed by atoms with van der Waals surface area (Å²) in [4.78, 5) is 23.9. The molecule has 0 heterocycles. The predicted octanol–water partition coefficient (Wildman–Crippen LogP) is 2.79. The quantitative estimate of drug-likeness (QED) is 0.613. The molecule has 0 fully saturated rings. The molecule has 2 amide bonds. The Hall–Kier alpha value is -3.22. The van der Waals surface area contributed by atoms with Gasteiger partial charge in [0.1, 0.15) is 12.2 Å². The Kier molecular flexibility index (Phi) is 8.14. The lowest BCUT2D eigenvalue weighted by molar-refractivity contribution is -0.126. The largest absolute Gasteiger partial charge is 0.494 e. The highest BCUT2D eigenvalue weighted by atomic mass is 16.5. The number of hydrogen-bond donors (Lipinski definition) is 2. The lowest BCUT2D eigenvalue weighted by atomic mass is 10.1. The molecule has 7 heteroatoms. The van der Waals surface area contributed by atoms with Gasteiger partial charge in [-0.2, -0.15) is 0 Å². The molecule has 0 saturated carbocycles. The molecule has 2 rings (SSSR count). The molecule has 150 valence electrons. The first-order chi connectivity index (χ1) is 13.5. The highest BCUT2D eigenvalue weighted by Gasteiger charge is 2.10. The van der Waals surface area contributed by atoms with Crippen molar-refractivity contribution in [1.82, 2.24) is 5.32 Å². The van der Waals surface area contributed by atoms with Crippen LogP contribution in [0.25, 0.3) is 0 Å². The highest BCUT2D eigenvalue weighted by Crippen LogP contribution is 2.27. The number of methoxy groups -OCH3 is 2. The van der Waals surface area contributed by atoms with Gasteiger partial charge >= 0.3 is 0 Å². The van der Waals surface area contributed by atoms with Crippen molar-refractivity contribution in [2.24, 2.45) is 0 Å². The molecule has 0 atom stereocenters. The summed E-state index contributed by atoms with van der Waals surface area (Å²) in [6, 6.07) is 12.6. The number of nitrogens with one attached hydrogen (secondary N) is 2. The zero-order valence-corrected chi connectivity index (χ0v) is 16.4. The maximum absolute atomic E-state index is 12.0. The molecule has 2 aromatic carbocycles. The Morgan fingerprint density at radius 1 is 0.929 bits per heavy atom. The van der Waals surface area contributed by atoms with Crippen LogP contribution in [0.1, 0.15) is 18.9 Å². The molecule has 0 aliphatic heterocycles. The average Bonchev–Trinajstić information content (AvgIpc) is 2.69. The normalized spacial score (nSPS) is 10.1. The maximum Gasteiger partial charge on any atom is 0.233 e. The smallest absolute Gasteiger partial charge is 0.233 e. The molecule has 0 unspecified atom stereocenters. The number of rotatable bonds is 10. The van der Waals surface area contributed by atoms with Crippen LogP contribution in [0.5, 0.6) is 17.2 Å². The fourth-order valence-corrected chi connectivity index (χ4v) is 2.60. The van der Waals surface area contributed by atoms with E-state index in [1.165, 1.54) is 0 Å². The van der Waals surface area contributed by atoms with E-state index in [0.717, 1.165) is 11.3 Å². The number of carbonyl (C=O) groups is 2. The van der Waals surface area contributed by atoms with Crippen molar-refractivity contribution in [3.05, 3.63) is 48.0 Å². The van der Waals surface area contributed by atoms with Gasteiger partial charge in [-0.25, -0.2) is 0 Å². The molecule has 7 nitrogen and oxygen atoms in total. The Morgan fingerprint density at radius 3 is 2.29 bits per heavy atom. The molecule has 0 aromatic heterocycles. The Bertz CT molecular complexity index is 790. The van der Waals surface area contributed by atoms with Gasteiger partial charge in [-0.15, -0.1) is 0 Å². The third-order valence-electron chi connectivity index (χ3n) is 3.95. The second-order valence-electron chi connectivity index (χ2n) is 5.97. The second-order valence-corrected chi connectivity index (χ2v) is 5.97. The van der Waals surface area contributed by atoms with Crippen molar-refractivity contribution in [2.75, 3.05) is 32.7 Å². The highest BCUT2D eigenvalue weighted by molar-refractivity contribution is 6.03. The van der Waals surface area contributed by atoms with Gasteiger partial charge < -0.3 is 24.8 Å². The summed E-state index contributed by atoms with van der Waals surface area (Å²) >= 11 is 0. The summed E-state index contributed by atoms with van der Waals surface area (Å²) in [6.07, 6.45) is 0.381. The van der Waals surface area contributed by atoms with Gasteiger partial charge in [0.15, 0.2) is 11.5 Å². The monoisotopic (exact) mass is 386 g/mol. The van der Waals surface area contributed by atoms with Gasteiger partial charge in [-0.3, -0.25) is 9.59 Å². The topological polar surface area (TPSA) is 85.9 Å². The minimum Gasteiger partial charge on any atom is -0.494 e. The van der Waals surface area contributed by atoms with Crippen molar-refractivity contribution in [3.8, 4) is 17.2 Å². The van der Waals surface area contributed by atoms with E-state index in [0.29, 0.717) is 36.8 Å². The van der Waals surface area contributed by atoms with E-state index in [4.69, 9.17) is 14.2 Å². The number of anilines is 1. The molecule has 2 aromatic rings. The van der Waals surface area contributed by atoms with Crippen LogP contribution >= 0.6 is 0 Å². The molecule has 0 bridgehead atoms. The van der Waals surface area contributed by atoms with Crippen LogP contribution in [-0.4, -0.2) is 39.2 Å². The molecular weight excluding hydrogens is 360 g/mol. The van der Waals surface area contributed by atoms with Gasteiger partial charge in [-0.1, -0.05) is 6.07 Å². The zero-order chi connectivity index (χ0) is 20.4. The van der Waals surface area contributed by atoms with Crippen LogP contribution in [0.15, 0.2) is 42.5 Å². The van der Waals surface area contributed by atoms with E-state index in [-0.39, 0.29) is 18.2 Å². The van der Waals surface area contributed by atoms with Crippen LogP contribution in [0.3, 0.4) is 0 Å². The number of benzene rings is 2. The minimum atomic E-state index is -0.368.